The number of halogens is 1. The van der Waals surface area contributed by atoms with Gasteiger partial charge in [-0.15, -0.1) is 0 Å². The maximum Gasteiger partial charge on any atom is 0.195 e. The van der Waals surface area contributed by atoms with E-state index in [-0.39, 0.29) is 5.78 Å². The quantitative estimate of drug-likeness (QED) is 0.706. The Morgan fingerprint density at radius 1 is 1.24 bits per heavy atom. The van der Waals surface area contributed by atoms with Crippen molar-refractivity contribution in [2.24, 2.45) is 0 Å². The second-order valence-electron chi connectivity index (χ2n) is 4.82. The second-order valence-corrected chi connectivity index (χ2v) is 5.67. The molecular formula is C17H11BrN2O. The fourth-order valence-corrected chi connectivity index (χ4v) is 2.74. The topological polar surface area (TPSA) is 56.6 Å². The first-order valence-electron chi connectivity index (χ1n) is 6.43. The third-order valence-corrected chi connectivity index (χ3v) is 4.43. The van der Waals surface area contributed by atoms with Crippen LogP contribution >= 0.6 is 15.9 Å². The van der Waals surface area contributed by atoms with Crippen molar-refractivity contribution in [3.63, 3.8) is 0 Å². The molecule has 4 heteroatoms. The monoisotopic (exact) mass is 338 g/mol. The zero-order chi connectivity index (χ0) is 15.0. The molecule has 0 spiro atoms. The zero-order valence-electron chi connectivity index (χ0n) is 11.3. The van der Waals surface area contributed by atoms with Gasteiger partial charge in [-0.25, -0.2) is 0 Å². The Morgan fingerprint density at radius 2 is 2.05 bits per heavy atom. The highest BCUT2D eigenvalue weighted by Gasteiger charge is 2.17. The predicted molar refractivity (Wildman–Crippen MR) is 85.3 cm³/mol. The lowest BCUT2D eigenvalue weighted by Gasteiger charge is -2.06. The number of aromatic amines is 1. The number of ketones is 1. The third kappa shape index (κ3) is 2.26. The first kappa shape index (κ1) is 13.6. The van der Waals surface area contributed by atoms with Crippen LogP contribution in [0.5, 0.6) is 0 Å². The molecule has 0 fully saturated rings. The highest BCUT2D eigenvalue weighted by atomic mass is 79.9. The van der Waals surface area contributed by atoms with Crippen molar-refractivity contribution in [1.29, 1.82) is 5.26 Å². The van der Waals surface area contributed by atoms with Gasteiger partial charge in [0.2, 0.25) is 0 Å². The number of nitriles is 1. The number of hydrogen-bond donors (Lipinski definition) is 1. The van der Waals surface area contributed by atoms with Crippen molar-refractivity contribution in [1.82, 2.24) is 4.98 Å². The third-order valence-electron chi connectivity index (χ3n) is 3.57. The van der Waals surface area contributed by atoms with E-state index < -0.39 is 0 Å². The van der Waals surface area contributed by atoms with E-state index in [4.69, 9.17) is 5.26 Å². The first-order chi connectivity index (χ1) is 10.1. The van der Waals surface area contributed by atoms with Crippen LogP contribution in [-0.4, -0.2) is 10.8 Å². The summed E-state index contributed by atoms with van der Waals surface area (Å²) in [6.45, 7) is 1.91. The van der Waals surface area contributed by atoms with Crippen molar-refractivity contribution in [3.8, 4) is 6.07 Å². The minimum atomic E-state index is -0.0462. The number of H-pyrrole nitrogens is 1. The lowest BCUT2D eigenvalue weighted by atomic mass is 9.98. The molecule has 0 unspecified atom stereocenters. The van der Waals surface area contributed by atoms with Crippen LogP contribution in [0.3, 0.4) is 0 Å². The van der Waals surface area contributed by atoms with Crippen LogP contribution in [0, 0.1) is 18.3 Å². The highest BCUT2D eigenvalue weighted by molar-refractivity contribution is 9.10. The number of rotatable bonds is 2. The van der Waals surface area contributed by atoms with Gasteiger partial charge >= 0.3 is 0 Å². The Morgan fingerprint density at radius 3 is 2.81 bits per heavy atom. The van der Waals surface area contributed by atoms with E-state index in [2.05, 4.69) is 27.0 Å². The number of carbonyl (C=O) groups excluding carboxylic acids is 1. The Balaban J connectivity index is 2.18. The van der Waals surface area contributed by atoms with E-state index in [1.54, 1.807) is 18.3 Å². The average molecular weight is 339 g/mol. The van der Waals surface area contributed by atoms with E-state index in [1.807, 2.05) is 31.2 Å². The molecule has 102 valence electrons. The summed E-state index contributed by atoms with van der Waals surface area (Å²) in [6, 6.07) is 13.0. The lowest BCUT2D eigenvalue weighted by molar-refractivity contribution is 0.103. The number of hydrogen-bond acceptors (Lipinski definition) is 2. The van der Waals surface area contributed by atoms with Crippen molar-refractivity contribution < 1.29 is 4.79 Å². The lowest BCUT2D eigenvalue weighted by Crippen LogP contribution is -2.03. The van der Waals surface area contributed by atoms with Crippen LogP contribution in [0.4, 0.5) is 0 Å². The SMILES string of the molecule is Cc1c(Br)cccc1C(=O)c1c[nH]c2ccc(C#N)cc12. The molecule has 1 N–H and O–H groups in total. The number of nitrogens with one attached hydrogen (secondary N) is 1. The molecule has 1 aromatic heterocycles. The molecule has 1 heterocycles. The summed E-state index contributed by atoms with van der Waals surface area (Å²) in [6.07, 6.45) is 1.70. The summed E-state index contributed by atoms with van der Waals surface area (Å²) >= 11 is 3.45. The Kier molecular flexibility index (Phi) is 3.36. The molecule has 3 rings (SSSR count). The molecule has 0 bridgehead atoms. The summed E-state index contributed by atoms with van der Waals surface area (Å²) in [7, 11) is 0. The van der Waals surface area contributed by atoms with E-state index in [0.29, 0.717) is 16.7 Å². The average Bonchev–Trinajstić information content (AvgIpc) is 2.92. The number of carbonyl (C=O) groups is 1. The van der Waals surface area contributed by atoms with Crippen molar-refractivity contribution >= 4 is 32.6 Å². The smallest absolute Gasteiger partial charge is 0.195 e. The van der Waals surface area contributed by atoms with Crippen molar-refractivity contribution in [2.75, 3.05) is 0 Å². The summed E-state index contributed by atoms with van der Waals surface area (Å²) in [5, 5.41) is 9.79. The van der Waals surface area contributed by atoms with Gasteiger partial charge in [0.05, 0.1) is 11.6 Å². The van der Waals surface area contributed by atoms with Gasteiger partial charge in [-0.3, -0.25) is 4.79 Å². The van der Waals surface area contributed by atoms with Crippen LogP contribution in [0.15, 0.2) is 47.1 Å². The van der Waals surface area contributed by atoms with Gasteiger partial charge in [0.1, 0.15) is 0 Å². The van der Waals surface area contributed by atoms with Crippen LogP contribution in [0.1, 0.15) is 27.0 Å². The fraction of sp³-hybridized carbons (Fsp3) is 0.0588. The predicted octanol–water partition coefficient (Wildman–Crippen LogP) is 4.34. The molecular weight excluding hydrogens is 328 g/mol. The van der Waals surface area contributed by atoms with Crippen LogP contribution in [0.25, 0.3) is 10.9 Å². The van der Waals surface area contributed by atoms with Gasteiger partial charge in [-0.2, -0.15) is 5.26 Å². The maximum atomic E-state index is 12.8. The molecule has 0 radical (unpaired) electrons. The molecule has 0 amide bonds. The summed E-state index contributed by atoms with van der Waals surface area (Å²) in [5.74, 6) is -0.0462. The molecule has 0 atom stereocenters. The first-order valence-corrected chi connectivity index (χ1v) is 7.22. The standard InChI is InChI=1S/C17H11BrN2O/c1-10-12(3-2-4-15(10)18)17(21)14-9-20-16-6-5-11(8-19)7-13(14)16/h2-7,9,20H,1H3. The molecule has 0 aliphatic heterocycles. The van der Waals surface area contributed by atoms with Gasteiger partial charge in [-0.1, -0.05) is 28.1 Å². The van der Waals surface area contributed by atoms with Crippen LogP contribution in [0.2, 0.25) is 0 Å². The molecule has 0 saturated carbocycles. The zero-order valence-corrected chi connectivity index (χ0v) is 12.9. The van der Waals surface area contributed by atoms with Gasteiger partial charge in [0.15, 0.2) is 5.78 Å². The molecule has 0 saturated heterocycles. The highest BCUT2D eigenvalue weighted by Crippen LogP contribution is 2.26. The van der Waals surface area contributed by atoms with Gasteiger partial charge in [0, 0.05) is 32.7 Å². The van der Waals surface area contributed by atoms with Crippen LogP contribution in [-0.2, 0) is 0 Å². The second kappa shape index (κ2) is 5.19. The van der Waals surface area contributed by atoms with Gasteiger partial charge in [0.25, 0.3) is 0 Å². The summed E-state index contributed by atoms with van der Waals surface area (Å²) < 4.78 is 0.908. The van der Waals surface area contributed by atoms with Crippen molar-refractivity contribution in [2.45, 2.75) is 6.92 Å². The maximum absolute atomic E-state index is 12.8. The minimum Gasteiger partial charge on any atom is -0.360 e. The van der Waals surface area contributed by atoms with Gasteiger partial charge < -0.3 is 4.98 Å². The molecule has 0 aliphatic rings. The largest absolute Gasteiger partial charge is 0.360 e. The van der Waals surface area contributed by atoms with E-state index in [9.17, 15) is 4.79 Å². The summed E-state index contributed by atoms with van der Waals surface area (Å²) in [5.41, 5.74) is 3.55. The molecule has 21 heavy (non-hydrogen) atoms. The number of benzene rings is 2. The molecule has 3 aromatic rings. The number of nitrogens with zero attached hydrogens (tertiary/aromatic N) is 1. The normalized spacial score (nSPS) is 10.5. The fourth-order valence-electron chi connectivity index (χ4n) is 2.38. The van der Waals surface area contributed by atoms with E-state index in [1.165, 1.54) is 0 Å². The molecule has 3 nitrogen and oxygen atoms in total. The Labute approximate surface area is 130 Å². The Hall–Kier alpha value is -2.38. The molecule has 0 aliphatic carbocycles. The van der Waals surface area contributed by atoms with Crippen molar-refractivity contribution in [3.05, 3.63) is 69.3 Å². The van der Waals surface area contributed by atoms with Gasteiger partial charge in [-0.05, 0) is 36.8 Å². The number of fused-ring (bicyclic) bond motifs is 1. The minimum absolute atomic E-state index is 0.0462. The number of aromatic nitrogens is 1. The molecule has 2 aromatic carbocycles. The van der Waals surface area contributed by atoms with Crippen LogP contribution < -0.4 is 0 Å². The Bertz CT molecular complexity index is 903. The summed E-state index contributed by atoms with van der Waals surface area (Å²) in [4.78, 5) is 15.9. The van der Waals surface area contributed by atoms with E-state index >= 15 is 0 Å². The van der Waals surface area contributed by atoms with E-state index in [0.717, 1.165) is 20.9 Å².